The normalized spacial score (nSPS) is 14.6. The first-order valence-electron chi connectivity index (χ1n) is 8.88. The summed E-state index contributed by atoms with van der Waals surface area (Å²) in [7, 11) is 2.95. The molecule has 10 heteroatoms. The summed E-state index contributed by atoms with van der Waals surface area (Å²) in [6.45, 7) is 2.76. The number of fused-ring (bicyclic) bond motifs is 1. The Morgan fingerprint density at radius 3 is 2.46 bits per heavy atom. The highest BCUT2D eigenvalue weighted by Gasteiger charge is 2.26. The van der Waals surface area contributed by atoms with E-state index in [1.165, 1.54) is 17.7 Å². The molecule has 0 bridgehead atoms. The number of aromatic carboxylic acids is 1. The van der Waals surface area contributed by atoms with Crippen LogP contribution in [0.15, 0.2) is 33.9 Å². The number of para-hydroxylation sites is 1. The molecule has 1 saturated heterocycles. The van der Waals surface area contributed by atoms with Crippen LogP contribution in [-0.4, -0.2) is 55.9 Å². The Bertz CT molecular complexity index is 1200. The van der Waals surface area contributed by atoms with Crippen LogP contribution in [-0.2, 0) is 14.1 Å². The molecule has 2 N–H and O–H groups in total. The maximum absolute atomic E-state index is 13.0. The van der Waals surface area contributed by atoms with Gasteiger partial charge < -0.3 is 15.3 Å². The summed E-state index contributed by atoms with van der Waals surface area (Å²) in [5.41, 5.74) is -0.225. The molecule has 0 unspecified atom stereocenters. The zero-order valence-corrected chi connectivity index (χ0v) is 15.5. The molecular weight excluding hydrogens is 364 g/mol. The number of benzene rings is 1. The van der Waals surface area contributed by atoms with Gasteiger partial charge in [0, 0.05) is 40.3 Å². The predicted octanol–water partition coefficient (Wildman–Crippen LogP) is -0.469. The van der Waals surface area contributed by atoms with Gasteiger partial charge in [0.15, 0.2) is 11.2 Å². The molecule has 1 aliphatic heterocycles. The van der Waals surface area contributed by atoms with Crippen LogP contribution in [0, 0.1) is 0 Å². The number of hydrogen-bond donors (Lipinski definition) is 2. The molecule has 2 aromatic heterocycles. The molecular formula is C18H20N6O4. The topological polar surface area (TPSA) is 114 Å². The molecule has 4 rings (SSSR count). The fourth-order valence-electron chi connectivity index (χ4n) is 3.54. The Labute approximate surface area is 159 Å². The van der Waals surface area contributed by atoms with Crippen LogP contribution in [0.5, 0.6) is 0 Å². The Balaban J connectivity index is 2.15. The minimum Gasteiger partial charge on any atom is -0.478 e. The van der Waals surface area contributed by atoms with E-state index in [-0.39, 0.29) is 16.7 Å². The molecule has 3 heterocycles. The number of aromatic nitrogens is 4. The first-order valence-corrected chi connectivity index (χ1v) is 8.88. The van der Waals surface area contributed by atoms with Gasteiger partial charge in [-0.1, -0.05) is 12.1 Å². The van der Waals surface area contributed by atoms with Gasteiger partial charge in [-0.2, -0.15) is 4.98 Å². The maximum atomic E-state index is 13.0. The van der Waals surface area contributed by atoms with E-state index < -0.39 is 17.2 Å². The third kappa shape index (κ3) is 2.61. The molecule has 1 aromatic carbocycles. The van der Waals surface area contributed by atoms with Gasteiger partial charge >= 0.3 is 11.7 Å². The smallest absolute Gasteiger partial charge is 0.337 e. The van der Waals surface area contributed by atoms with E-state index in [0.717, 1.165) is 17.7 Å². The highest BCUT2D eigenvalue weighted by Crippen LogP contribution is 2.27. The van der Waals surface area contributed by atoms with Gasteiger partial charge in [0.05, 0.1) is 11.3 Å². The number of piperazine rings is 1. The zero-order valence-electron chi connectivity index (χ0n) is 15.5. The number of carboxylic acids is 1. The quantitative estimate of drug-likeness (QED) is 0.627. The van der Waals surface area contributed by atoms with Crippen LogP contribution >= 0.6 is 0 Å². The Morgan fingerprint density at radius 1 is 1.11 bits per heavy atom. The number of rotatable bonds is 3. The fourth-order valence-corrected chi connectivity index (χ4v) is 3.54. The Hall–Kier alpha value is -3.40. The predicted molar refractivity (Wildman–Crippen MR) is 104 cm³/mol. The van der Waals surface area contributed by atoms with E-state index >= 15 is 0 Å². The average Bonchev–Trinajstić information content (AvgIpc) is 3.12. The van der Waals surface area contributed by atoms with Gasteiger partial charge in [-0.25, -0.2) is 9.59 Å². The van der Waals surface area contributed by atoms with Crippen LogP contribution < -0.4 is 21.5 Å². The van der Waals surface area contributed by atoms with Gasteiger partial charge in [-0.3, -0.25) is 18.5 Å². The number of carbonyl (C=O) groups is 1. The maximum Gasteiger partial charge on any atom is 0.337 e. The summed E-state index contributed by atoms with van der Waals surface area (Å²) >= 11 is 0. The molecule has 1 fully saturated rings. The van der Waals surface area contributed by atoms with Gasteiger partial charge in [-0.05, 0) is 12.1 Å². The van der Waals surface area contributed by atoms with Crippen molar-refractivity contribution in [3.8, 4) is 5.69 Å². The third-order valence-electron chi connectivity index (χ3n) is 5.02. The first kappa shape index (κ1) is 18.0. The second-order valence-electron chi connectivity index (χ2n) is 6.68. The molecule has 10 nitrogen and oxygen atoms in total. The van der Waals surface area contributed by atoms with Crippen molar-refractivity contribution in [1.82, 2.24) is 24.0 Å². The van der Waals surface area contributed by atoms with Gasteiger partial charge in [-0.15, -0.1) is 0 Å². The number of anilines is 1. The highest BCUT2D eigenvalue weighted by atomic mass is 16.4. The summed E-state index contributed by atoms with van der Waals surface area (Å²) < 4.78 is 3.87. The number of nitrogens with one attached hydrogen (secondary N) is 1. The fraction of sp³-hybridized carbons (Fsp3) is 0.333. The van der Waals surface area contributed by atoms with E-state index in [4.69, 9.17) is 0 Å². The monoisotopic (exact) mass is 384 g/mol. The van der Waals surface area contributed by atoms with Crippen LogP contribution in [0.25, 0.3) is 16.9 Å². The number of hydrogen-bond acceptors (Lipinski definition) is 6. The molecule has 0 spiro atoms. The van der Waals surface area contributed by atoms with Crippen LogP contribution in [0.3, 0.4) is 0 Å². The molecule has 1 aliphatic rings. The standard InChI is InChI=1S/C18H20N6O4/c1-21-14-13(15(25)22(2)18(21)28)24(12-6-4-3-5-11(12)16(26)27)17(20-14)23-9-7-19-8-10-23/h3-6,19H,7-10H2,1-2H3,(H,26,27). The lowest BCUT2D eigenvalue weighted by Crippen LogP contribution is -2.44. The van der Waals surface area contributed by atoms with Crippen LogP contribution in [0.4, 0.5) is 5.95 Å². The molecule has 0 radical (unpaired) electrons. The molecule has 0 atom stereocenters. The number of imidazole rings is 1. The molecule has 146 valence electrons. The van der Waals surface area contributed by atoms with Crippen LogP contribution in [0.2, 0.25) is 0 Å². The van der Waals surface area contributed by atoms with Crippen molar-refractivity contribution >= 4 is 23.1 Å². The second kappa shape index (κ2) is 6.64. The lowest BCUT2D eigenvalue weighted by atomic mass is 10.1. The summed E-state index contributed by atoms with van der Waals surface area (Å²) in [5.74, 6) is -0.658. The third-order valence-corrected chi connectivity index (χ3v) is 5.02. The van der Waals surface area contributed by atoms with E-state index in [1.807, 2.05) is 4.90 Å². The summed E-state index contributed by atoms with van der Waals surface area (Å²) in [6.07, 6.45) is 0. The average molecular weight is 384 g/mol. The molecule has 0 saturated carbocycles. The largest absolute Gasteiger partial charge is 0.478 e. The molecule has 3 aromatic rings. The van der Waals surface area contributed by atoms with Crippen molar-refractivity contribution in [2.24, 2.45) is 14.1 Å². The van der Waals surface area contributed by atoms with E-state index in [9.17, 15) is 19.5 Å². The first-order chi connectivity index (χ1) is 13.4. The van der Waals surface area contributed by atoms with Crippen LogP contribution in [0.1, 0.15) is 10.4 Å². The molecule has 0 aliphatic carbocycles. The van der Waals surface area contributed by atoms with Gasteiger partial charge in [0.25, 0.3) is 5.56 Å². The van der Waals surface area contributed by atoms with E-state index in [1.54, 1.807) is 29.8 Å². The van der Waals surface area contributed by atoms with Gasteiger partial charge in [0.1, 0.15) is 0 Å². The number of nitrogens with zero attached hydrogens (tertiary/aromatic N) is 5. The zero-order chi connectivity index (χ0) is 20.0. The van der Waals surface area contributed by atoms with Crippen molar-refractivity contribution in [3.63, 3.8) is 0 Å². The number of aryl methyl sites for hydroxylation is 1. The SMILES string of the molecule is Cn1c(=O)c2c(nc(N3CCNCC3)n2-c2ccccc2C(=O)O)n(C)c1=O. The molecule has 28 heavy (non-hydrogen) atoms. The summed E-state index contributed by atoms with van der Waals surface area (Å²) in [5, 5.41) is 12.9. The van der Waals surface area contributed by atoms with Crippen molar-refractivity contribution in [2.75, 3.05) is 31.1 Å². The van der Waals surface area contributed by atoms with Crippen molar-refractivity contribution in [3.05, 3.63) is 50.7 Å². The van der Waals surface area contributed by atoms with E-state index in [0.29, 0.717) is 24.7 Å². The highest BCUT2D eigenvalue weighted by molar-refractivity contribution is 5.93. The summed E-state index contributed by atoms with van der Waals surface area (Å²) in [4.78, 5) is 43.8. The Morgan fingerprint density at radius 2 is 1.79 bits per heavy atom. The van der Waals surface area contributed by atoms with Crippen molar-refractivity contribution < 1.29 is 9.90 Å². The Kier molecular flexibility index (Phi) is 4.27. The van der Waals surface area contributed by atoms with E-state index in [2.05, 4.69) is 10.3 Å². The van der Waals surface area contributed by atoms with Crippen molar-refractivity contribution in [1.29, 1.82) is 0 Å². The van der Waals surface area contributed by atoms with Crippen molar-refractivity contribution in [2.45, 2.75) is 0 Å². The number of carboxylic acid groups (broad SMARTS) is 1. The lowest BCUT2D eigenvalue weighted by molar-refractivity contribution is 0.0697. The lowest BCUT2D eigenvalue weighted by Gasteiger charge is -2.29. The minimum absolute atomic E-state index is 0.0501. The second-order valence-corrected chi connectivity index (χ2v) is 6.68. The molecule has 0 amide bonds. The minimum atomic E-state index is -1.11. The van der Waals surface area contributed by atoms with Gasteiger partial charge in [0.2, 0.25) is 5.95 Å². The summed E-state index contributed by atoms with van der Waals surface area (Å²) in [6, 6.07) is 6.46.